The van der Waals surface area contributed by atoms with E-state index in [4.69, 9.17) is 16.0 Å². The van der Waals surface area contributed by atoms with Gasteiger partial charge in [-0.2, -0.15) is 0 Å². The number of furan rings is 1. The van der Waals surface area contributed by atoms with E-state index in [1.807, 2.05) is 0 Å². The van der Waals surface area contributed by atoms with Crippen molar-refractivity contribution in [3.63, 3.8) is 0 Å². The van der Waals surface area contributed by atoms with E-state index in [1.165, 1.54) is 37.6 Å². The zero-order valence-corrected chi connectivity index (χ0v) is 18.6. The molecule has 0 atom stereocenters. The molecule has 4 rings (SSSR count). The molecule has 172 valence electrons. The molecule has 0 bridgehead atoms. The lowest BCUT2D eigenvalue weighted by molar-refractivity contribution is -0.120. The van der Waals surface area contributed by atoms with Crippen LogP contribution in [0, 0.1) is 0 Å². The van der Waals surface area contributed by atoms with Gasteiger partial charge in [0, 0.05) is 11.3 Å². The molecule has 0 aliphatic carbocycles. The third kappa shape index (κ3) is 4.55. The first-order valence-corrected chi connectivity index (χ1v) is 10.4. The molecule has 2 N–H and O–H groups in total. The molecule has 1 aliphatic heterocycles. The van der Waals surface area contributed by atoms with Crippen molar-refractivity contribution in [2.24, 2.45) is 0 Å². The highest BCUT2D eigenvalue weighted by Crippen LogP contribution is 2.30. The van der Waals surface area contributed by atoms with Gasteiger partial charge in [-0.05, 0) is 60.7 Å². The zero-order chi connectivity index (χ0) is 24.2. The van der Waals surface area contributed by atoms with Crippen LogP contribution in [0.5, 0.6) is 0 Å². The Morgan fingerprint density at radius 2 is 1.65 bits per heavy atom. The van der Waals surface area contributed by atoms with Gasteiger partial charge in [0.25, 0.3) is 17.7 Å². The first kappa shape index (κ1) is 22.8. The molecule has 0 unspecified atom stereocenters. The standard InChI is InChI=1S/C24H18ClN3O6/c1-33-24(32)15-6-10-17(11-7-15)28-22(30)19(25)20(23(28)31)27-16-8-4-14(5-9-16)21(29)26-13-18-3-2-12-34-18/h2-12,27H,13H2,1H3,(H,26,29). The van der Waals surface area contributed by atoms with E-state index in [9.17, 15) is 19.2 Å². The number of halogens is 1. The Morgan fingerprint density at radius 1 is 0.971 bits per heavy atom. The van der Waals surface area contributed by atoms with Crippen LogP contribution in [0.3, 0.4) is 0 Å². The molecular weight excluding hydrogens is 462 g/mol. The van der Waals surface area contributed by atoms with Crippen molar-refractivity contribution in [2.45, 2.75) is 6.54 Å². The maximum Gasteiger partial charge on any atom is 0.337 e. The number of nitrogens with one attached hydrogen (secondary N) is 2. The second-order valence-electron chi connectivity index (χ2n) is 7.14. The predicted molar refractivity (Wildman–Crippen MR) is 123 cm³/mol. The van der Waals surface area contributed by atoms with Crippen molar-refractivity contribution in [1.82, 2.24) is 5.32 Å². The average Bonchev–Trinajstić information content (AvgIpc) is 3.45. The Balaban J connectivity index is 1.44. The van der Waals surface area contributed by atoms with Crippen molar-refractivity contribution in [2.75, 3.05) is 17.3 Å². The molecule has 0 radical (unpaired) electrons. The number of esters is 1. The van der Waals surface area contributed by atoms with Gasteiger partial charge in [0.2, 0.25) is 0 Å². The number of benzene rings is 2. The summed E-state index contributed by atoms with van der Waals surface area (Å²) in [5, 5.41) is 5.30. The summed E-state index contributed by atoms with van der Waals surface area (Å²) < 4.78 is 9.82. The smallest absolute Gasteiger partial charge is 0.337 e. The molecule has 1 aliphatic rings. The number of amides is 3. The fourth-order valence-corrected chi connectivity index (χ4v) is 3.45. The number of hydrogen-bond donors (Lipinski definition) is 2. The van der Waals surface area contributed by atoms with Crippen molar-refractivity contribution < 1.29 is 28.3 Å². The number of carbonyl (C=O) groups is 4. The molecule has 3 aromatic rings. The van der Waals surface area contributed by atoms with Crippen LogP contribution in [0.2, 0.25) is 0 Å². The second-order valence-corrected chi connectivity index (χ2v) is 7.52. The average molecular weight is 480 g/mol. The molecule has 3 amide bonds. The van der Waals surface area contributed by atoms with Gasteiger partial charge in [0.05, 0.1) is 31.2 Å². The molecule has 34 heavy (non-hydrogen) atoms. The quantitative estimate of drug-likeness (QED) is 0.393. The van der Waals surface area contributed by atoms with Gasteiger partial charge < -0.3 is 19.8 Å². The Hall–Kier alpha value is -4.37. The van der Waals surface area contributed by atoms with Crippen LogP contribution in [0.25, 0.3) is 0 Å². The van der Waals surface area contributed by atoms with E-state index in [1.54, 1.807) is 36.4 Å². The van der Waals surface area contributed by atoms with E-state index >= 15 is 0 Å². The largest absolute Gasteiger partial charge is 0.467 e. The van der Waals surface area contributed by atoms with Crippen LogP contribution >= 0.6 is 11.6 Å². The molecule has 0 fully saturated rings. The van der Waals surface area contributed by atoms with Crippen molar-refractivity contribution in [3.05, 3.63) is 94.5 Å². The van der Waals surface area contributed by atoms with Gasteiger partial charge in [-0.15, -0.1) is 0 Å². The lowest BCUT2D eigenvalue weighted by Gasteiger charge is -2.15. The summed E-state index contributed by atoms with van der Waals surface area (Å²) >= 11 is 6.15. The Morgan fingerprint density at radius 3 is 2.26 bits per heavy atom. The first-order valence-electron chi connectivity index (χ1n) is 10.0. The number of ether oxygens (including phenoxy) is 1. The maximum absolute atomic E-state index is 12.9. The van der Waals surface area contributed by atoms with Gasteiger partial charge in [-0.3, -0.25) is 14.4 Å². The minimum absolute atomic E-state index is 0.0984. The molecule has 0 saturated carbocycles. The highest BCUT2D eigenvalue weighted by atomic mass is 35.5. The molecule has 2 heterocycles. The van der Waals surface area contributed by atoms with E-state index in [0.29, 0.717) is 17.0 Å². The van der Waals surface area contributed by atoms with Gasteiger partial charge in [0.15, 0.2) is 0 Å². The molecule has 0 saturated heterocycles. The lowest BCUT2D eigenvalue weighted by atomic mass is 10.2. The normalized spacial score (nSPS) is 13.3. The number of nitrogens with zero attached hydrogens (tertiary/aromatic N) is 1. The maximum atomic E-state index is 12.9. The Labute approximate surface area is 198 Å². The van der Waals surface area contributed by atoms with Crippen molar-refractivity contribution in [1.29, 1.82) is 0 Å². The second kappa shape index (κ2) is 9.63. The lowest BCUT2D eigenvalue weighted by Crippen LogP contribution is -2.32. The van der Waals surface area contributed by atoms with Crippen LogP contribution in [-0.4, -0.2) is 30.8 Å². The highest BCUT2D eigenvalue weighted by molar-refractivity contribution is 6.53. The topological polar surface area (TPSA) is 118 Å². The fraction of sp³-hybridized carbons (Fsp3) is 0.0833. The Bertz CT molecular complexity index is 1280. The number of hydrogen-bond acceptors (Lipinski definition) is 7. The third-order valence-electron chi connectivity index (χ3n) is 4.99. The summed E-state index contributed by atoms with van der Waals surface area (Å²) in [7, 11) is 1.26. The van der Waals surface area contributed by atoms with Gasteiger partial charge >= 0.3 is 5.97 Å². The molecule has 10 heteroatoms. The van der Waals surface area contributed by atoms with Crippen LogP contribution in [0.15, 0.2) is 82.1 Å². The summed E-state index contributed by atoms with van der Waals surface area (Å²) in [5.41, 5.74) is 1.29. The molecular formula is C24H18ClN3O6. The summed E-state index contributed by atoms with van der Waals surface area (Å²) in [5.74, 6) is -1.56. The number of methoxy groups -OCH3 is 1. The minimum atomic E-state index is -0.700. The molecule has 0 spiro atoms. The summed E-state index contributed by atoms with van der Waals surface area (Å²) in [6, 6.07) is 15.6. The first-order chi connectivity index (χ1) is 16.4. The summed E-state index contributed by atoms with van der Waals surface area (Å²) in [6.45, 7) is 0.251. The predicted octanol–water partition coefficient (Wildman–Crippen LogP) is 3.43. The molecule has 2 aromatic carbocycles. The SMILES string of the molecule is COC(=O)c1ccc(N2C(=O)C(Cl)=C(Nc3ccc(C(=O)NCc4ccco4)cc3)C2=O)cc1. The minimum Gasteiger partial charge on any atom is -0.467 e. The van der Waals surface area contributed by atoms with Gasteiger partial charge in [-0.25, -0.2) is 9.69 Å². The van der Waals surface area contributed by atoms with E-state index in [0.717, 1.165) is 4.90 Å². The van der Waals surface area contributed by atoms with Crippen LogP contribution in [0.4, 0.5) is 11.4 Å². The Kier molecular flexibility index (Phi) is 6.46. The summed E-state index contributed by atoms with van der Waals surface area (Å²) in [4.78, 5) is 50.3. The van der Waals surface area contributed by atoms with Crippen molar-refractivity contribution in [3.8, 4) is 0 Å². The fourth-order valence-electron chi connectivity index (χ4n) is 3.24. The molecule has 1 aromatic heterocycles. The van der Waals surface area contributed by atoms with E-state index in [2.05, 4.69) is 15.4 Å². The van der Waals surface area contributed by atoms with Crippen LogP contribution in [-0.2, 0) is 20.9 Å². The van der Waals surface area contributed by atoms with Crippen LogP contribution in [0.1, 0.15) is 26.5 Å². The van der Waals surface area contributed by atoms with E-state index < -0.39 is 17.8 Å². The van der Waals surface area contributed by atoms with Crippen LogP contribution < -0.4 is 15.5 Å². The highest BCUT2D eigenvalue weighted by Gasteiger charge is 2.39. The van der Waals surface area contributed by atoms with Crippen molar-refractivity contribution >= 4 is 46.7 Å². The summed E-state index contributed by atoms with van der Waals surface area (Å²) in [6.07, 6.45) is 1.52. The van der Waals surface area contributed by atoms with E-state index in [-0.39, 0.29) is 34.4 Å². The zero-order valence-electron chi connectivity index (χ0n) is 17.8. The van der Waals surface area contributed by atoms with Gasteiger partial charge in [-0.1, -0.05) is 11.6 Å². The number of imide groups is 1. The number of carbonyl (C=O) groups excluding carboxylic acids is 4. The number of anilines is 2. The van der Waals surface area contributed by atoms with Gasteiger partial charge in [0.1, 0.15) is 16.5 Å². The number of rotatable bonds is 7. The monoisotopic (exact) mass is 479 g/mol. The molecule has 9 nitrogen and oxygen atoms in total. The third-order valence-corrected chi connectivity index (χ3v) is 5.34.